The van der Waals surface area contributed by atoms with E-state index in [-0.39, 0.29) is 11.6 Å². The van der Waals surface area contributed by atoms with Crippen LogP contribution in [0.3, 0.4) is 0 Å². The van der Waals surface area contributed by atoms with E-state index < -0.39 is 17.5 Å². The molecule has 5 nitrogen and oxygen atoms in total. The summed E-state index contributed by atoms with van der Waals surface area (Å²) in [6.45, 7) is 6.45. The molecule has 23 heavy (non-hydrogen) atoms. The molecule has 1 aromatic carbocycles. The zero-order chi connectivity index (χ0) is 17.6. The number of halogens is 2. The van der Waals surface area contributed by atoms with Gasteiger partial charge in [-0.1, -0.05) is 11.6 Å². The predicted octanol–water partition coefficient (Wildman–Crippen LogP) is 3.59. The van der Waals surface area contributed by atoms with Crippen LogP contribution in [0.1, 0.15) is 26.3 Å². The Hall–Kier alpha value is -1.53. The maximum Gasteiger partial charge on any atom is 0.407 e. The molecule has 0 fully saturated rings. The largest absolute Gasteiger partial charge is 0.444 e. The number of alkyl carbamates (subject to hydrolysis) is 1. The molecule has 1 aromatic rings. The molecule has 7 heteroatoms. The Balaban J connectivity index is 2.81. The minimum absolute atomic E-state index is 0.00718. The third kappa shape index (κ3) is 6.62. The summed E-state index contributed by atoms with van der Waals surface area (Å²) in [6.07, 6.45) is -0.605. The van der Waals surface area contributed by atoms with Gasteiger partial charge in [-0.05, 0) is 32.9 Å². The quantitative estimate of drug-likeness (QED) is 0.855. The van der Waals surface area contributed by atoms with E-state index in [0.717, 1.165) is 5.69 Å². The lowest BCUT2D eigenvalue weighted by Crippen LogP contribution is -2.32. The van der Waals surface area contributed by atoms with Crippen molar-refractivity contribution < 1.29 is 18.7 Å². The highest BCUT2D eigenvalue weighted by Crippen LogP contribution is 2.26. The second-order valence-electron chi connectivity index (χ2n) is 6.17. The summed E-state index contributed by atoms with van der Waals surface area (Å²) in [5.74, 6) is -0.549. The summed E-state index contributed by atoms with van der Waals surface area (Å²) < 4.78 is 24.3. The van der Waals surface area contributed by atoms with Crippen LogP contribution in [0.2, 0.25) is 5.02 Å². The first-order chi connectivity index (χ1) is 10.6. The lowest BCUT2D eigenvalue weighted by molar-refractivity contribution is 0.0523. The molecule has 0 saturated heterocycles. The van der Waals surface area contributed by atoms with Gasteiger partial charge in [-0.2, -0.15) is 0 Å². The summed E-state index contributed by atoms with van der Waals surface area (Å²) in [6, 6.07) is 3.19. The van der Waals surface area contributed by atoms with Gasteiger partial charge in [0.2, 0.25) is 0 Å². The molecule has 1 amide bonds. The van der Waals surface area contributed by atoms with Crippen LogP contribution in [0.25, 0.3) is 0 Å². The molecule has 0 saturated carbocycles. The Morgan fingerprint density at radius 2 is 2.04 bits per heavy atom. The van der Waals surface area contributed by atoms with Crippen LogP contribution < -0.4 is 10.2 Å². The fourth-order valence-corrected chi connectivity index (χ4v) is 2.05. The lowest BCUT2D eigenvalue weighted by Gasteiger charge is -2.21. The number of ether oxygens (including phenoxy) is 2. The third-order valence-electron chi connectivity index (χ3n) is 2.98. The Bertz CT molecular complexity index is 547. The van der Waals surface area contributed by atoms with Crippen LogP contribution in [0.4, 0.5) is 14.9 Å². The average Bonchev–Trinajstić information content (AvgIpc) is 2.44. The Morgan fingerprint density at radius 3 is 2.61 bits per heavy atom. The summed E-state index contributed by atoms with van der Waals surface area (Å²) in [7, 11) is 3.47. The molecule has 0 bridgehead atoms. The first kappa shape index (κ1) is 19.5. The maximum absolute atomic E-state index is 14.1. The predicted molar refractivity (Wildman–Crippen MR) is 89.6 cm³/mol. The highest BCUT2D eigenvalue weighted by atomic mass is 35.5. The molecule has 130 valence electrons. The van der Waals surface area contributed by atoms with Gasteiger partial charge in [-0.3, -0.25) is 0 Å². The maximum atomic E-state index is 14.1. The number of anilines is 1. The fourth-order valence-electron chi connectivity index (χ4n) is 1.82. The van der Waals surface area contributed by atoms with Crippen LogP contribution >= 0.6 is 11.6 Å². The van der Waals surface area contributed by atoms with Gasteiger partial charge in [0.25, 0.3) is 0 Å². The number of methoxy groups -OCH3 is 1. The molecular formula is C16H24ClFN2O3. The summed E-state index contributed by atoms with van der Waals surface area (Å²) in [4.78, 5) is 13.6. The van der Waals surface area contributed by atoms with Crippen molar-refractivity contribution in [1.82, 2.24) is 5.32 Å². The van der Waals surface area contributed by atoms with Gasteiger partial charge >= 0.3 is 6.09 Å². The van der Waals surface area contributed by atoms with E-state index in [1.807, 2.05) is 11.9 Å². The minimum Gasteiger partial charge on any atom is -0.444 e. The minimum atomic E-state index is -0.609. The van der Waals surface area contributed by atoms with E-state index >= 15 is 0 Å². The second-order valence-corrected chi connectivity index (χ2v) is 6.58. The van der Waals surface area contributed by atoms with Gasteiger partial charge in [0.05, 0.1) is 11.6 Å². The molecule has 0 unspecified atom stereocenters. The molecule has 0 aromatic heterocycles. The summed E-state index contributed by atoms with van der Waals surface area (Å²) in [5.41, 5.74) is 0.430. The highest BCUT2D eigenvalue weighted by Gasteiger charge is 2.17. The second kappa shape index (κ2) is 8.36. The Morgan fingerprint density at radius 1 is 1.39 bits per heavy atom. The number of rotatable bonds is 6. The Kier molecular flexibility index (Phi) is 7.09. The fraction of sp³-hybridized carbons (Fsp3) is 0.562. The number of amides is 1. The van der Waals surface area contributed by atoms with Gasteiger partial charge in [0.1, 0.15) is 11.4 Å². The van der Waals surface area contributed by atoms with Crippen LogP contribution in [-0.4, -0.2) is 39.0 Å². The van der Waals surface area contributed by atoms with Crippen molar-refractivity contribution in [1.29, 1.82) is 0 Å². The average molecular weight is 347 g/mol. The van der Waals surface area contributed by atoms with E-state index in [9.17, 15) is 9.18 Å². The van der Waals surface area contributed by atoms with Crippen molar-refractivity contribution in [3.05, 3.63) is 28.5 Å². The van der Waals surface area contributed by atoms with Crippen molar-refractivity contribution in [3.63, 3.8) is 0 Å². The summed E-state index contributed by atoms with van der Waals surface area (Å²) in [5, 5.41) is 2.54. The van der Waals surface area contributed by atoms with E-state index in [2.05, 4.69) is 5.32 Å². The monoisotopic (exact) mass is 346 g/mol. The van der Waals surface area contributed by atoms with Gasteiger partial charge in [-0.25, -0.2) is 9.18 Å². The van der Waals surface area contributed by atoms with Gasteiger partial charge in [-0.15, -0.1) is 0 Å². The van der Waals surface area contributed by atoms with Gasteiger partial charge in [0.15, 0.2) is 0 Å². The topological polar surface area (TPSA) is 50.8 Å². The van der Waals surface area contributed by atoms with Gasteiger partial charge in [0, 0.05) is 38.5 Å². The molecule has 0 aliphatic rings. The molecule has 1 rings (SSSR count). The zero-order valence-electron chi connectivity index (χ0n) is 14.2. The Labute approximate surface area is 141 Å². The molecule has 0 aliphatic heterocycles. The van der Waals surface area contributed by atoms with E-state index in [1.165, 1.54) is 0 Å². The smallest absolute Gasteiger partial charge is 0.407 e. The molecule has 0 radical (unpaired) electrons. The van der Waals surface area contributed by atoms with Crippen molar-refractivity contribution in [3.8, 4) is 0 Å². The number of nitrogens with zero attached hydrogens (tertiary/aromatic N) is 1. The van der Waals surface area contributed by atoms with Crippen LogP contribution in [0, 0.1) is 5.82 Å². The SMILES string of the molecule is COCCN(C)c1cc(Cl)c(F)c(CNC(=O)OC(C)(C)C)c1. The number of nitrogens with one attached hydrogen (secondary N) is 1. The highest BCUT2D eigenvalue weighted by molar-refractivity contribution is 6.31. The number of benzene rings is 1. The van der Waals surface area contributed by atoms with Crippen molar-refractivity contribution in [2.24, 2.45) is 0 Å². The normalized spacial score (nSPS) is 11.3. The summed E-state index contributed by atoms with van der Waals surface area (Å²) >= 11 is 5.94. The molecule has 1 N–H and O–H groups in total. The lowest BCUT2D eigenvalue weighted by atomic mass is 10.1. The molecule has 0 heterocycles. The van der Waals surface area contributed by atoms with Crippen LogP contribution in [-0.2, 0) is 16.0 Å². The standard InChI is InChI=1S/C16H24ClFN2O3/c1-16(2,3)23-15(21)19-10-11-8-12(9-13(17)14(11)18)20(4)6-7-22-5/h8-9H,6-7,10H2,1-5H3,(H,19,21). The molecule has 0 aliphatic carbocycles. The third-order valence-corrected chi connectivity index (χ3v) is 3.26. The first-order valence-electron chi connectivity index (χ1n) is 7.29. The van der Waals surface area contributed by atoms with E-state index in [0.29, 0.717) is 18.7 Å². The van der Waals surface area contributed by atoms with Crippen LogP contribution in [0.5, 0.6) is 0 Å². The molecular weight excluding hydrogens is 323 g/mol. The van der Waals surface area contributed by atoms with E-state index in [4.69, 9.17) is 21.1 Å². The van der Waals surface area contributed by atoms with E-state index in [1.54, 1.807) is 40.0 Å². The van der Waals surface area contributed by atoms with Crippen molar-refractivity contribution in [2.75, 3.05) is 32.2 Å². The zero-order valence-corrected chi connectivity index (χ0v) is 15.0. The first-order valence-corrected chi connectivity index (χ1v) is 7.66. The van der Waals surface area contributed by atoms with Crippen molar-refractivity contribution >= 4 is 23.4 Å². The molecule has 0 spiro atoms. The number of likely N-dealkylation sites (N-methyl/N-ethyl adjacent to an activating group) is 1. The number of carbonyl (C=O) groups excluding carboxylic acids is 1. The van der Waals surface area contributed by atoms with Crippen molar-refractivity contribution in [2.45, 2.75) is 32.9 Å². The number of hydrogen-bond donors (Lipinski definition) is 1. The number of carbonyl (C=O) groups is 1. The molecule has 0 atom stereocenters. The van der Waals surface area contributed by atoms with Crippen LogP contribution in [0.15, 0.2) is 12.1 Å². The van der Waals surface area contributed by atoms with Gasteiger partial charge < -0.3 is 19.7 Å². The number of hydrogen-bond acceptors (Lipinski definition) is 4.